The van der Waals surface area contributed by atoms with Gasteiger partial charge in [-0.05, 0) is 78.3 Å². The van der Waals surface area contributed by atoms with Gasteiger partial charge in [0.25, 0.3) is 5.91 Å². The predicted octanol–water partition coefficient (Wildman–Crippen LogP) is 4.94. The molecule has 0 N–H and O–H groups in total. The van der Waals surface area contributed by atoms with Crippen LogP contribution in [0.3, 0.4) is 0 Å². The van der Waals surface area contributed by atoms with E-state index in [0.717, 1.165) is 51.7 Å². The number of hydrogen-bond acceptors (Lipinski definition) is 6. The number of nitrogens with zero attached hydrogens (tertiary/aromatic N) is 4. The molecule has 0 saturated carbocycles. The normalized spacial score (nSPS) is 17.5. The van der Waals surface area contributed by atoms with Gasteiger partial charge in [0.2, 0.25) is 0 Å². The van der Waals surface area contributed by atoms with Crippen molar-refractivity contribution in [2.75, 3.05) is 19.8 Å². The summed E-state index contributed by atoms with van der Waals surface area (Å²) < 4.78 is 13.2. The first-order chi connectivity index (χ1) is 19.5. The van der Waals surface area contributed by atoms with E-state index in [9.17, 15) is 9.59 Å². The first-order valence-corrected chi connectivity index (χ1v) is 14.1. The molecule has 5 aliphatic rings. The van der Waals surface area contributed by atoms with E-state index in [1.54, 1.807) is 0 Å². The van der Waals surface area contributed by atoms with Crippen LogP contribution in [-0.2, 0) is 40.4 Å². The summed E-state index contributed by atoms with van der Waals surface area (Å²) >= 11 is 0. The third kappa shape index (κ3) is 5.11. The minimum atomic E-state index is -0.237. The quantitative estimate of drug-likeness (QED) is 0.344. The van der Waals surface area contributed by atoms with Crippen molar-refractivity contribution in [3.63, 3.8) is 0 Å². The summed E-state index contributed by atoms with van der Waals surface area (Å²) in [7, 11) is 0. The van der Waals surface area contributed by atoms with E-state index >= 15 is 0 Å². The van der Waals surface area contributed by atoms with Crippen molar-refractivity contribution in [3.8, 4) is 0 Å². The number of rotatable bonds is 3. The van der Waals surface area contributed by atoms with Gasteiger partial charge in [-0.2, -0.15) is 0 Å². The summed E-state index contributed by atoms with van der Waals surface area (Å²) in [4.78, 5) is 28.1. The van der Waals surface area contributed by atoms with Crippen molar-refractivity contribution in [1.29, 1.82) is 0 Å². The molecule has 9 rings (SSSR count). The molecule has 1 aromatic heterocycles. The number of amides is 1. The fraction of sp³-hybridized carbons (Fsp3) is 0.375. The first kappa shape index (κ1) is 26.2. The zero-order valence-electron chi connectivity index (χ0n) is 23.1. The zero-order valence-corrected chi connectivity index (χ0v) is 23.1. The topological polar surface area (TPSA) is 86.5 Å². The van der Waals surface area contributed by atoms with Crippen LogP contribution in [0, 0.1) is 6.92 Å². The Morgan fingerprint density at radius 3 is 2.75 bits per heavy atom. The van der Waals surface area contributed by atoms with Crippen LogP contribution in [0.25, 0.3) is 11.0 Å². The van der Waals surface area contributed by atoms with E-state index in [4.69, 9.17) is 9.47 Å². The minimum absolute atomic E-state index is 0.0288. The summed E-state index contributed by atoms with van der Waals surface area (Å²) in [5, 5.41) is 8.96. The third-order valence-electron chi connectivity index (χ3n) is 8.09. The molecule has 0 saturated heterocycles. The fourth-order valence-corrected chi connectivity index (χ4v) is 5.92. The van der Waals surface area contributed by atoms with E-state index in [1.165, 1.54) is 5.56 Å². The van der Waals surface area contributed by atoms with Crippen LogP contribution < -0.4 is 0 Å². The molecular weight excluding hydrogens is 504 g/mol. The molecule has 5 aliphatic heterocycles. The van der Waals surface area contributed by atoms with Crippen LogP contribution in [-0.4, -0.2) is 51.5 Å². The Morgan fingerprint density at radius 2 is 1.93 bits per heavy atom. The van der Waals surface area contributed by atoms with Crippen molar-refractivity contribution >= 4 is 22.9 Å². The van der Waals surface area contributed by atoms with Gasteiger partial charge in [0.15, 0.2) is 0 Å². The molecule has 8 heteroatoms. The molecule has 4 aromatic rings. The second-order valence-electron chi connectivity index (χ2n) is 10.6. The van der Waals surface area contributed by atoms with Gasteiger partial charge in [-0.3, -0.25) is 9.59 Å². The number of ether oxygens (including phenoxy) is 2. The van der Waals surface area contributed by atoms with E-state index in [0.29, 0.717) is 45.0 Å². The molecule has 3 aromatic carbocycles. The molecule has 6 heterocycles. The molecule has 1 amide bonds. The number of hydrogen-bond donors (Lipinski definition) is 0. The van der Waals surface area contributed by atoms with Crippen molar-refractivity contribution in [2.45, 2.75) is 58.7 Å². The number of benzene rings is 3. The molecule has 9 bridgehead atoms. The van der Waals surface area contributed by atoms with Crippen LogP contribution in [0.1, 0.15) is 69.4 Å². The lowest BCUT2D eigenvalue weighted by atomic mass is 9.83. The highest BCUT2D eigenvalue weighted by molar-refractivity contribution is 5.94. The number of carbonyl (C=O) groups is 2. The molecule has 206 valence electrons. The summed E-state index contributed by atoms with van der Waals surface area (Å²) in [6.45, 7) is 7.20. The monoisotopic (exact) mass is 538 g/mol. The standard InChI is InChI=1S/C32H34N4O4/c1-3-40-30(37)18-28-25-10-9-23-13-15-35(19-26(23)17-25)32(38)24-7-5-22(6-8-24)20-39-16-4-14-36-29-12-11-27(28)21(2)31(29)33-34-36/h5-12,17,28H,3-4,13-16,18-20H2,1-2H3. The maximum Gasteiger partial charge on any atom is 0.306 e. The lowest BCUT2D eigenvalue weighted by Crippen LogP contribution is -2.36. The minimum Gasteiger partial charge on any atom is -0.466 e. The molecule has 40 heavy (non-hydrogen) atoms. The van der Waals surface area contributed by atoms with Crippen molar-refractivity contribution in [1.82, 2.24) is 19.9 Å². The predicted molar refractivity (Wildman–Crippen MR) is 151 cm³/mol. The van der Waals surface area contributed by atoms with Gasteiger partial charge in [0.1, 0.15) is 5.52 Å². The number of aromatic nitrogens is 3. The molecule has 0 spiro atoms. The SMILES string of the molecule is CCOC(=O)CC1c2ccc3c(c2)CN(CC3)C(=O)c2ccc(cc2)COCCCn2nnc3c(C)c1ccc32. The van der Waals surface area contributed by atoms with Crippen LogP contribution in [0.4, 0.5) is 0 Å². The number of carbonyl (C=O) groups excluding carboxylic acids is 2. The average molecular weight is 539 g/mol. The molecular formula is C32H34N4O4. The molecule has 0 fully saturated rings. The molecule has 8 nitrogen and oxygen atoms in total. The highest BCUT2D eigenvalue weighted by atomic mass is 16.5. The Balaban J connectivity index is 1.43. The Labute approximate surface area is 233 Å². The maximum atomic E-state index is 13.4. The largest absolute Gasteiger partial charge is 0.466 e. The molecule has 1 atom stereocenters. The van der Waals surface area contributed by atoms with Gasteiger partial charge >= 0.3 is 5.97 Å². The van der Waals surface area contributed by atoms with E-state index in [1.807, 2.05) is 40.8 Å². The number of esters is 1. The zero-order chi connectivity index (χ0) is 27.6. The maximum absolute atomic E-state index is 13.4. The molecule has 1 unspecified atom stereocenters. The van der Waals surface area contributed by atoms with Crippen LogP contribution in [0.15, 0.2) is 54.6 Å². The Hall–Kier alpha value is -4.04. The highest BCUT2D eigenvalue weighted by Crippen LogP contribution is 2.35. The van der Waals surface area contributed by atoms with Crippen molar-refractivity contribution < 1.29 is 19.1 Å². The van der Waals surface area contributed by atoms with Crippen molar-refractivity contribution in [2.24, 2.45) is 0 Å². The van der Waals surface area contributed by atoms with Crippen LogP contribution >= 0.6 is 0 Å². The Bertz CT molecular complexity index is 1560. The fourth-order valence-electron chi connectivity index (χ4n) is 5.92. The summed E-state index contributed by atoms with van der Waals surface area (Å²) in [5.74, 6) is -0.416. The first-order valence-electron chi connectivity index (χ1n) is 14.1. The number of aryl methyl sites for hydroxylation is 2. The molecule has 0 radical (unpaired) electrons. The van der Waals surface area contributed by atoms with E-state index in [2.05, 4.69) is 47.6 Å². The Morgan fingerprint density at radius 1 is 1.07 bits per heavy atom. The van der Waals surface area contributed by atoms with Gasteiger partial charge in [-0.1, -0.05) is 41.6 Å². The van der Waals surface area contributed by atoms with E-state index in [-0.39, 0.29) is 24.2 Å². The van der Waals surface area contributed by atoms with Crippen LogP contribution in [0.5, 0.6) is 0 Å². The second kappa shape index (κ2) is 11.2. The summed E-state index contributed by atoms with van der Waals surface area (Å²) in [6, 6.07) is 18.3. The lowest BCUT2D eigenvalue weighted by Gasteiger charge is -2.30. The van der Waals surface area contributed by atoms with Gasteiger partial charge in [-0.25, -0.2) is 4.68 Å². The van der Waals surface area contributed by atoms with Gasteiger partial charge < -0.3 is 14.4 Å². The summed E-state index contributed by atoms with van der Waals surface area (Å²) in [5.41, 5.74) is 8.96. The van der Waals surface area contributed by atoms with Crippen LogP contribution in [0.2, 0.25) is 0 Å². The summed E-state index contributed by atoms with van der Waals surface area (Å²) in [6.07, 6.45) is 1.81. The second-order valence-corrected chi connectivity index (χ2v) is 10.6. The van der Waals surface area contributed by atoms with Gasteiger partial charge in [-0.15, -0.1) is 5.10 Å². The van der Waals surface area contributed by atoms with Crippen molar-refractivity contribution in [3.05, 3.63) is 93.5 Å². The lowest BCUT2D eigenvalue weighted by molar-refractivity contribution is -0.143. The Kier molecular flexibility index (Phi) is 7.34. The molecule has 0 aliphatic carbocycles. The van der Waals surface area contributed by atoms with Gasteiger partial charge in [0, 0.05) is 37.7 Å². The smallest absolute Gasteiger partial charge is 0.306 e. The average Bonchev–Trinajstić information content (AvgIpc) is 3.39. The van der Waals surface area contributed by atoms with Gasteiger partial charge in [0.05, 0.1) is 25.2 Å². The highest BCUT2D eigenvalue weighted by Gasteiger charge is 2.27. The third-order valence-corrected chi connectivity index (χ3v) is 8.09. The van der Waals surface area contributed by atoms with E-state index < -0.39 is 0 Å².